The molecular weight excluding hydrogens is 340 g/mol. The lowest BCUT2D eigenvalue weighted by atomic mass is 10.1. The highest BCUT2D eigenvalue weighted by molar-refractivity contribution is 5.76. The van der Waals surface area contributed by atoms with Crippen LogP contribution in [0.15, 0.2) is 71.8 Å². The molecule has 2 heterocycles. The molecule has 0 spiro atoms. The summed E-state index contributed by atoms with van der Waals surface area (Å²) in [7, 11) is 0. The molecule has 1 aliphatic carbocycles. The fourth-order valence-corrected chi connectivity index (χ4v) is 3.04. The van der Waals surface area contributed by atoms with E-state index in [-0.39, 0.29) is 24.1 Å². The lowest BCUT2D eigenvalue weighted by molar-refractivity contribution is -0.133. The van der Waals surface area contributed by atoms with Crippen LogP contribution in [-0.2, 0) is 17.9 Å². The Balaban J connectivity index is 1.55. The summed E-state index contributed by atoms with van der Waals surface area (Å²) in [6, 6.07) is 16.8. The van der Waals surface area contributed by atoms with Crippen molar-refractivity contribution in [2.24, 2.45) is 0 Å². The zero-order valence-corrected chi connectivity index (χ0v) is 14.9. The van der Waals surface area contributed by atoms with Gasteiger partial charge in [0, 0.05) is 36.6 Å². The number of nitrogens with zero attached hydrogens (tertiary/aromatic N) is 4. The molecule has 6 nitrogen and oxygen atoms in total. The van der Waals surface area contributed by atoms with E-state index in [4.69, 9.17) is 0 Å². The normalized spacial score (nSPS) is 13.3. The van der Waals surface area contributed by atoms with E-state index in [0.29, 0.717) is 12.2 Å². The van der Waals surface area contributed by atoms with Crippen LogP contribution in [0, 0.1) is 0 Å². The van der Waals surface area contributed by atoms with Crippen LogP contribution in [0.5, 0.6) is 0 Å². The Labute approximate surface area is 157 Å². The molecule has 1 fully saturated rings. The number of rotatable bonds is 6. The molecule has 0 N–H and O–H groups in total. The summed E-state index contributed by atoms with van der Waals surface area (Å²) in [6.45, 7) is 0.445. The number of hydrogen-bond acceptors (Lipinski definition) is 4. The summed E-state index contributed by atoms with van der Waals surface area (Å²) < 4.78 is 1.25. The van der Waals surface area contributed by atoms with E-state index >= 15 is 0 Å². The van der Waals surface area contributed by atoms with Gasteiger partial charge in [-0.05, 0) is 30.5 Å². The molecule has 2 aromatic heterocycles. The topological polar surface area (TPSA) is 68.1 Å². The second kappa shape index (κ2) is 7.53. The maximum absolute atomic E-state index is 12.9. The molecule has 1 amide bonds. The van der Waals surface area contributed by atoms with Gasteiger partial charge in [-0.1, -0.05) is 36.4 Å². The third-order valence-corrected chi connectivity index (χ3v) is 4.60. The van der Waals surface area contributed by atoms with Gasteiger partial charge in [0.1, 0.15) is 6.54 Å². The fourth-order valence-electron chi connectivity index (χ4n) is 3.04. The molecule has 3 aromatic rings. The summed E-state index contributed by atoms with van der Waals surface area (Å²) in [5, 5.41) is 4.40. The highest BCUT2D eigenvalue weighted by Gasteiger charge is 2.32. The van der Waals surface area contributed by atoms with Gasteiger partial charge in [0.25, 0.3) is 5.56 Å². The van der Waals surface area contributed by atoms with Gasteiger partial charge < -0.3 is 4.90 Å². The lowest BCUT2D eigenvalue weighted by Crippen LogP contribution is -2.38. The third-order valence-electron chi connectivity index (χ3n) is 4.60. The number of hydrogen-bond donors (Lipinski definition) is 0. The van der Waals surface area contributed by atoms with Crippen LogP contribution in [0.1, 0.15) is 18.4 Å². The van der Waals surface area contributed by atoms with Crippen LogP contribution in [0.25, 0.3) is 11.3 Å². The second-order valence-electron chi connectivity index (χ2n) is 6.69. The van der Waals surface area contributed by atoms with Crippen molar-refractivity contribution >= 4 is 5.91 Å². The highest BCUT2D eigenvalue weighted by atomic mass is 16.2. The van der Waals surface area contributed by atoms with Crippen molar-refractivity contribution < 1.29 is 4.79 Å². The van der Waals surface area contributed by atoms with Crippen molar-refractivity contribution in [2.75, 3.05) is 0 Å². The minimum atomic E-state index is -0.278. The molecule has 1 saturated carbocycles. The van der Waals surface area contributed by atoms with Crippen LogP contribution in [0.3, 0.4) is 0 Å². The maximum Gasteiger partial charge on any atom is 0.267 e. The van der Waals surface area contributed by atoms with E-state index in [2.05, 4.69) is 10.1 Å². The molecule has 4 rings (SSSR count). The predicted octanol–water partition coefficient (Wildman–Crippen LogP) is 2.50. The summed E-state index contributed by atoms with van der Waals surface area (Å²) in [5.41, 5.74) is 2.29. The molecule has 0 bridgehead atoms. The van der Waals surface area contributed by atoms with Crippen LogP contribution in [0.4, 0.5) is 0 Å². The minimum Gasteiger partial charge on any atom is -0.334 e. The Morgan fingerprint density at radius 1 is 1.07 bits per heavy atom. The van der Waals surface area contributed by atoms with E-state index in [1.54, 1.807) is 18.5 Å². The van der Waals surface area contributed by atoms with E-state index in [1.807, 2.05) is 47.4 Å². The third kappa shape index (κ3) is 4.11. The minimum absolute atomic E-state index is 0.0593. The zero-order valence-electron chi connectivity index (χ0n) is 14.9. The van der Waals surface area contributed by atoms with Crippen molar-refractivity contribution in [3.8, 4) is 11.3 Å². The smallest absolute Gasteiger partial charge is 0.267 e. The summed E-state index contributed by atoms with van der Waals surface area (Å²) in [5.74, 6) is -0.0961. The largest absolute Gasteiger partial charge is 0.334 e. The number of carbonyl (C=O) groups is 1. The molecule has 0 radical (unpaired) electrons. The molecular formula is C21H20N4O2. The molecule has 1 aromatic carbocycles. The Bertz CT molecular complexity index is 982. The van der Waals surface area contributed by atoms with Crippen molar-refractivity contribution in [3.63, 3.8) is 0 Å². The first-order valence-electron chi connectivity index (χ1n) is 9.03. The second-order valence-corrected chi connectivity index (χ2v) is 6.69. The SMILES string of the molecule is O=C(Cn1nc(-c2ccccc2)ccc1=O)N(Cc1cccnc1)C1CC1. The monoisotopic (exact) mass is 360 g/mol. The molecule has 1 aliphatic rings. The molecule has 0 saturated heterocycles. The maximum atomic E-state index is 12.9. The number of amides is 1. The number of pyridine rings is 1. The standard InChI is InChI=1S/C21H20N4O2/c26-20-11-10-19(17-6-2-1-3-7-17)23-25(20)15-21(27)24(18-8-9-18)14-16-5-4-12-22-13-16/h1-7,10-13,18H,8-9,14-15H2. The fraction of sp³-hybridized carbons (Fsp3) is 0.238. The van der Waals surface area contributed by atoms with Crippen LogP contribution in [0.2, 0.25) is 0 Å². The molecule has 27 heavy (non-hydrogen) atoms. The van der Waals surface area contributed by atoms with Crippen LogP contribution < -0.4 is 5.56 Å². The average molecular weight is 360 g/mol. The lowest BCUT2D eigenvalue weighted by Gasteiger charge is -2.22. The van der Waals surface area contributed by atoms with Gasteiger partial charge >= 0.3 is 0 Å². The highest BCUT2D eigenvalue weighted by Crippen LogP contribution is 2.28. The first-order chi connectivity index (χ1) is 13.2. The average Bonchev–Trinajstić information content (AvgIpc) is 3.54. The molecule has 0 unspecified atom stereocenters. The Hall–Kier alpha value is -3.28. The van der Waals surface area contributed by atoms with Crippen molar-refractivity contribution in [1.82, 2.24) is 19.7 Å². The van der Waals surface area contributed by atoms with Gasteiger partial charge in [0.15, 0.2) is 0 Å². The van der Waals surface area contributed by atoms with E-state index in [0.717, 1.165) is 24.0 Å². The van der Waals surface area contributed by atoms with Gasteiger partial charge in [-0.2, -0.15) is 5.10 Å². The molecule has 0 aliphatic heterocycles. The Kier molecular flexibility index (Phi) is 4.78. The first kappa shape index (κ1) is 17.1. The van der Waals surface area contributed by atoms with Crippen molar-refractivity contribution in [3.05, 3.63) is 82.9 Å². The molecule has 0 atom stereocenters. The summed E-state index contributed by atoms with van der Waals surface area (Å²) in [4.78, 5) is 31.1. The van der Waals surface area contributed by atoms with E-state index < -0.39 is 0 Å². The van der Waals surface area contributed by atoms with Crippen LogP contribution >= 0.6 is 0 Å². The molecule has 136 valence electrons. The Morgan fingerprint density at radius 2 is 1.89 bits per heavy atom. The van der Waals surface area contributed by atoms with E-state index in [1.165, 1.54) is 10.7 Å². The zero-order chi connectivity index (χ0) is 18.6. The van der Waals surface area contributed by atoms with Gasteiger partial charge in [-0.3, -0.25) is 14.6 Å². The number of aromatic nitrogens is 3. The van der Waals surface area contributed by atoms with Crippen molar-refractivity contribution in [2.45, 2.75) is 32.0 Å². The summed E-state index contributed by atoms with van der Waals surface area (Å²) in [6.07, 6.45) is 5.48. The number of carbonyl (C=O) groups excluding carboxylic acids is 1. The first-order valence-corrected chi connectivity index (χ1v) is 9.03. The van der Waals surface area contributed by atoms with Crippen molar-refractivity contribution in [1.29, 1.82) is 0 Å². The summed E-state index contributed by atoms with van der Waals surface area (Å²) >= 11 is 0. The quantitative estimate of drug-likeness (QED) is 0.677. The van der Waals surface area contributed by atoms with Gasteiger partial charge in [-0.15, -0.1) is 0 Å². The van der Waals surface area contributed by atoms with Gasteiger partial charge in [-0.25, -0.2) is 4.68 Å². The van der Waals surface area contributed by atoms with Crippen LogP contribution in [-0.4, -0.2) is 31.6 Å². The van der Waals surface area contributed by atoms with Gasteiger partial charge in [0.2, 0.25) is 5.91 Å². The Morgan fingerprint density at radius 3 is 2.59 bits per heavy atom. The van der Waals surface area contributed by atoms with Gasteiger partial charge in [0.05, 0.1) is 5.69 Å². The van der Waals surface area contributed by atoms with E-state index in [9.17, 15) is 9.59 Å². The predicted molar refractivity (Wildman–Crippen MR) is 102 cm³/mol. The molecule has 6 heteroatoms. The number of benzene rings is 1.